The summed E-state index contributed by atoms with van der Waals surface area (Å²) in [6, 6.07) is 6.41. The molecular formula is C24H28N6O2. The second kappa shape index (κ2) is 8.63. The maximum Gasteiger partial charge on any atom is 0.240 e. The zero-order valence-electron chi connectivity index (χ0n) is 18.7. The van der Waals surface area contributed by atoms with Crippen molar-refractivity contribution in [2.75, 3.05) is 33.9 Å². The van der Waals surface area contributed by atoms with Gasteiger partial charge in [-0.3, -0.25) is 4.68 Å². The van der Waals surface area contributed by atoms with Crippen LogP contribution in [0.5, 0.6) is 11.8 Å². The Labute approximate surface area is 187 Å². The van der Waals surface area contributed by atoms with Crippen molar-refractivity contribution in [1.82, 2.24) is 29.6 Å². The molecule has 166 valence electrons. The Morgan fingerprint density at radius 2 is 1.91 bits per heavy atom. The van der Waals surface area contributed by atoms with E-state index < -0.39 is 0 Å². The van der Waals surface area contributed by atoms with Crippen molar-refractivity contribution in [3.63, 3.8) is 0 Å². The molecule has 32 heavy (non-hydrogen) atoms. The van der Waals surface area contributed by atoms with Gasteiger partial charge in [0.1, 0.15) is 5.65 Å². The van der Waals surface area contributed by atoms with Crippen LogP contribution >= 0.6 is 0 Å². The molecule has 4 aromatic rings. The Morgan fingerprint density at radius 1 is 1.09 bits per heavy atom. The van der Waals surface area contributed by atoms with E-state index >= 15 is 0 Å². The molecule has 4 aromatic heterocycles. The number of aromatic amines is 1. The molecule has 5 heterocycles. The van der Waals surface area contributed by atoms with Gasteiger partial charge < -0.3 is 19.4 Å². The Morgan fingerprint density at radius 3 is 2.62 bits per heavy atom. The first-order valence-electron chi connectivity index (χ1n) is 11.0. The van der Waals surface area contributed by atoms with E-state index in [1.54, 1.807) is 7.11 Å². The number of nitrogens with one attached hydrogen (secondary N) is 1. The number of likely N-dealkylation sites (tertiary alicyclic amines) is 1. The molecule has 0 unspecified atom stereocenters. The second-order valence-electron chi connectivity index (χ2n) is 8.21. The van der Waals surface area contributed by atoms with Crippen molar-refractivity contribution in [1.29, 1.82) is 0 Å². The number of nitrogens with zero attached hydrogens (tertiary/aromatic N) is 5. The summed E-state index contributed by atoms with van der Waals surface area (Å²) in [6.45, 7) is 4.72. The maximum atomic E-state index is 5.92. The number of ether oxygens (including phenoxy) is 2. The minimum atomic E-state index is 0.393. The van der Waals surface area contributed by atoms with E-state index in [2.05, 4.69) is 43.8 Å². The highest BCUT2D eigenvalue weighted by atomic mass is 16.5. The molecule has 1 aliphatic heterocycles. The van der Waals surface area contributed by atoms with Gasteiger partial charge in [-0.25, -0.2) is 9.97 Å². The fourth-order valence-corrected chi connectivity index (χ4v) is 4.31. The van der Waals surface area contributed by atoms with Gasteiger partial charge in [0, 0.05) is 52.9 Å². The summed E-state index contributed by atoms with van der Waals surface area (Å²) >= 11 is 0. The van der Waals surface area contributed by atoms with Gasteiger partial charge in [0.05, 0.1) is 25.3 Å². The zero-order chi connectivity index (χ0) is 22.1. The topological polar surface area (TPSA) is 81.1 Å². The van der Waals surface area contributed by atoms with Gasteiger partial charge in [-0.1, -0.05) is 0 Å². The van der Waals surface area contributed by atoms with Gasteiger partial charge in [-0.15, -0.1) is 5.10 Å². The van der Waals surface area contributed by atoms with Crippen LogP contribution in [-0.2, 0) is 0 Å². The van der Waals surface area contributed by atoms with Gasteiger partial charge in [-0.2, -0.15) is 0 Å². The van der Waals surface area contributed by atoms with Crippen LogP contribution in [0.4, 0.5) is 0 Å². The van der Waals surface area contributed by atoms with E-state index in [0.29, 0.717) is 24.4 Å². The van der Waals surface area contributed by atoms with Crippen molar-refractivity contribution in [2.24, 2.45) is 0 Å². The molecule has 0 aromatic carbocycles. The molecule has 0 amide bonds. The van der Waals surface area contributed by atoms with E-state index in [4.69, 9.17) is 14.6 Å². The van der Waals surface area contributed by atoms with Gasteiger partial charge >= 0.3 is 0 Å². The Hall–Kier alpha value is -3.39. The molecule has 0 atom stereocenters. The van der Waals surface area contributed by atoms with Crippen molar-refractivity contribution in [3.05, 3.63) is 43.0 Å². The number of rotatable bonds is 6. The van der Waals surface area contributed by atoms with Gasteiger partial charge in [0.2, 0.25) is 11.8 Å². The lowest BCUT2D eigenvalue weighted by Gasteiger charge is -2.28. The fraction of sp³-hybridized carbons (Fsp3) is 0.375. The number of hydrogen-bond donors (Lipinski definition) is 1. The molecular weight excluding hydrogens is 404 g/mol. The molecule has 1 aliphatic rings. The molecule has 1 saturated heterocycles. The number of aromatic nitrogens is 5. The van der Waals surface area contributed by atoms with Crippen LogP contribution in [0.3, 0.4) is 0 Å². The average molecular weight is 433 g/mol. The van der Waals surface area contributed by atoms with Crippen molar-refractivity contribution >= 4 is 11.0 Å². The van der Waals surface area contributed by atoms with Crippen LogP contribution in [0.1, 0.15) is 25.8 Å². The number of pyridine rings is 2. The van der Waals surface area contributed by atoms with Crippen LogP contribution in [0.2, 0.25) is 0 Å². The minimum Gasteiger partial charge on any atom is -0.481 e. The lowest BCUT2D eigenvalue weighted by atomic mass is 10.0. The molecule has 1 fully saturated rings. The van der Waals surface area contributed by atoms with Crippen molar-refractivity contribution in [3.8, 4) is 34.0 Å². The molecule has 0 radical (unpaired) electrons. The van der Waals surface area contributed by atoms with Crippen LogP contribution < -0.4 is 9.47 Å². The number of methoxy groups -OCH3 is 1. The normalized spacial score (nSPS) is 15.3. The smallest absolute Gasteiger partial charge is 0.240 e. The number of fused-ring (bicyclic) bond motifs is 1. The summed E-state index contributed by atoms with van der Waals surface area (Å²) in [7, 11) is 3.79. The fourth-order valence-electron chi connectivity index (χ4n) is 4.31. The van der Waals surface area contributed by atoms with Gasteiger partial charge in [0.15, 0.2) is 0 Å². The van der Waals surface area contributed by atoms with E-state index in [9.17, 15) is 0 Å². The Kier molecular flexibility index (Phi) is 5.53. The maximum absolute atomic E-state index is 5.92. The lowest BCUT2D eigenvalue weighted by molar-refractivity contribution is 0.209. The largest absolute Gasteiger partial charge is 0.481 e. The zero-order valence-corrected chi connectivity index (χ0v) is 18.7. The summed E-state index contributed by atoms with van der Waals surface area (Å²) in [6.07, 6.45) is 9.96. The molecule has 0 bridgehead atoms. The predicted octanol–water partition coefficient (Wildman–Crippen LogP) is 4.16. The van der Waals surface area contributed by atoms with Crippen molar-refractivity contribution in [2.45, 2.75) is 25.8 Å². The van der Waals surface area contributed by atoms with Crippen LogP contribution in [0, 0.1) is 0 Å². The summed E-state index contributed by atoms with van der Waals surface area (Å²) < 4.78 is 13.2. The molecule has 0 spiro atoms. The first-order chi connectivity index (χ1) is 15.7. The third-order valence-electron chi connectivity index (χ3n) is 6.14. The minimum absolute atomic E-state index is 0.393. The van der Waals surface area contributed by atoms with E-state index in [1.807, 2.05) is 37.6 Å². The number of hydrogen-bond acceptors (Lipinski definition) is 6. The van der Waals surface area contributed by atoms with Crippen molar-refractivity contribution < 1.29 is 9.47 Å². The standard InChI is InChI=1S/C24H28N6O2/c1-4-32-24-21(15-30(28-24)18-7-9-29(2)10-8-18)17-11-19-20(14-27-23(19)26-13-17)16-5-6-22(31-3)25-12-16/h5-6,11-15,18H,4,7-10H2,1-3H3,(H,26,27). The molecule has 0 aliphatic carbocycles. The second-order valence-corrected chi connectivity index (χ2v) is 8.21. The first kappa shape index (κ1) is 20.5. The van der Waals surface area contributed by atoms with E-state index in [-0.39, 0.29) is 0 Å². The summed E-state index contributed by atoms with van der Waals surface area (Å²) in [5.74, 6) is 1.26. The van der Waals surface area contributed by atoms with Crippen LogP contribution in [-0.4, -0.2) is 63.5 Å². The quantitative estimate of drug-likeness (QED) is 0.493. The summed E-state index contributed by atoms with van der Waals surface area (Å²) in [5.41, 5.74) is 4.84. The van der Waals surface area contributed by atoms with Gasteiger partial charge in [-0.05, 0) is 52.0 Å². The highest BCUT2D eigenvalue weighted by molar-refractivity contribution is 5.95. The summed E-state index contributed by atoms with van der Waals surface area (Å²) in [5, 5.41) is 5.84. The molecule has 8 nitrogen and oxygen atoms in total. The molecule has 0 saturated carbocycles. The highest BCUT2D eigenvalue weighted by Gasteiger charge is 2.22. The third kappa shape index (κ3) is 3.82. The third-order valence-corrected chi connectivity index (χ3v) is 6.14. The van der Waals surface area contributed by atoms with Crippen LogP contribution in [0.25, 0.3) is 33.3 Å². The SMILES string of the molecule is CCOc1nn(C2CCN(C)CC2)cc1-c1cnc2[nH]cc(-c3ccc(OC)nc3)c2c1. The van der Waals surface area contributed by atoms with E-state index in [0.717, 1.165) is 59.2 Å². The number of piperidine rings is 1. The lowest BCUT2D eigenvalue weighted by Crippen LogP contribution is -2.31. The average Bonchev–Trinajstić information content (AvgIpc) is 3.44. The highest BCUT2D eigenvalue weighted by Crippen LogP contribution is 2.35. The Balaban J connectivity index is 1.53. The Bertz CT molecular complexity index is 1210. The molecule has 5 rings (SSSR count). The molecule has 8 heteroatoms. The van der Waals surface area contributed by atoms with Crippen LogP contribution in [0.15, 0.2) is 43.0 Å². The van der Waals surface area contributed by atoms with E-state index in [1.165, 1.54) is 0 Å². The predicted molar refractivity (Wildman–Crippen MR) is 124 cm³/mol. The first-order valence-corrected chi connectivity index (χ1v) is 11.0. The molecule has 1 N–H and O–H groups in total. The summed E-state index contributed by atoms with van der Waals surface area (Å²) in [4.78, 5) is 14.6. The number of H-pyrrole nitrogens is 1. The van der Waals surface area contributed by atoms with Gasteiger partial charge in [0.25, 0.3) is 0 Å². The monoisotopic (exact) mass is 432 g/mol.